The summed E-state index contributed by atoms with van der Waals surface area (Å²) in [4.78, 5) is 6.46. The summed E-state index contributed by atoms with van der Waals surface area (Å²) >= 11 is 2.95. The molecule has 1 aliphatic heterocycles. The van der Waals surface area contributed by atoms with Crippen molar-refractivity contribution in [2.24, 2.45) is 30.7 Å². The summed E-state index contributed by atoms with van der Waals surface area (Å²) in [7, 11) is 0. The van der Waals surface area contributed by atoms with Crippen molar-refractivity contribution in [3.05, 3.63) is 70.7 Å². The Kier molecular flexibility index (Phi) is 7.49. The van der Waals surface area contributed by atoms with Gasteiger partial charge in [0.05, 0.1) is 27.8 Å². The smallest absolute Gasteiger partial charge is 0.231 e. The van der Waals surface area contributed by atoms with Crippen LogP contribution in [0.3, 0.4) is 0 Å². The Bertz CT molecular complexity index is 1540. The van der Waals surface area contributed by atoms with E-state index >= 15 is 0 Å². The second-order valence-electron chi connectivity index (χ2n) is 8.47. The molecule has 0 spiro atoms. The van der Waals surface area contributed by atoms with Crippen molar-refractivity contribution in [2.45, 2.75) is 26.7 Å². The number of aromatic nitrogens is 1. The molecule has 5 rings (SSSR count). The van der Waals surface area contributed by atoms with Gasteiger partial charge in [0.15, 0.2) is 5.69 Å². The molecule has 4 aromatic rings. The van der Waals surface area contributed by atoms with E-state index in [9.17, 15) is 0 Å². The van der Waals surface area contributed by atoms with Crippen LogP contribution < -0.4 is 4.90 Å². The largest absolute Gasteiger partial charge is 0.363 e. The van der Waals surface area contributed by atoms with Gasteiger partial charge in [-0.1, -0.05) is 11.3 Å². The van der Waals surface area contributed by atoms with Crippen LogP contribution in [0.15, 0.2) is 84.6 Å². The zero-order valence-corrected chi connectivity index (χ0v) is 22.0. The van der Waals surface area contributed by atoms with Crippen LogP contribution in [0.2, 0.25) is 0 Å². The number of nitriles is 1. The molecule has 184 valence electrons. The molecular formula is C26H23N9S2. The van der Waals surface area contributed by atoms with Crippen molar-refractivity contribution in [3.63, 3.8) is 0 Å². The van der Waals surface area contributed by atoms with Crippen LogP contribution in [0.1, 0.15) is 29.7 Å². The van der Waals surface area contributed by atoms with E-state index in [0.29, 0.717) is 22.2 Å². The lowest BCUT2D eigenvalue weighted by molar-refractivity contribution is 0.949. The zero-order valence-electron chi connectivity index (χ0n) is 20.4. The van der Waals surface area contributed by atoms with Gasteiger partial charge in [-0.3, -0.25) is 0 Å². The van der Waals surface area contributed by atoms with Crippen LogP contribution in [0.4, 0.5) is 37.9 Å². The number of hydrogen-bond donors (Lipinski definition) is 0. The maximum atomic E-state index is 8.87. The third-order valence-corrected chi connectivity index (χ3v) is 7.50. The number of benzene rings is 2. The summed E-state index contributed by atoms with van der Waals surface area (Å²) in [5.41, 5.74) is 5.18. The normalized spacial score (nSPS) is 13.9. The third kappa shape index (κ3) is 6.17. The van der Waals surface area contributed by atoms with Gasteiger partial charge in [0, 0.05) is 18.5 Å². The molecule has 0 aliphatic carbocycles. The Hall–Kier alpha value is -4.14. The highest BCUT2D eigenvalue weighted by Gasteiger charge is 2.14. The van der Waals surface area contributed by atoms with Crippen molar-refractivity contribution in [2.75, 3.05) is 18.0 Å². The van der Waals surface area contributed by atoms with E-state index in [1.165, 1.54) is 29.2 Å². The fourth-order valence-corrected chi connectivity index (χ4v) is 5.23. The van der Waals surface area contributed by atoms with Crippen LogP contribution in [0.25, 0.3) is 0 Å². The van der Waals surface area contributed by atoms with Crippen molar-refractivity contribution in [1.82, 2.24) is 4.98 Å². The molecule has 2 aromatic heterocycles. The Labute approximate surface area is 222 Å². The Morgan fingerprint density at radius 2 is 1.46 bits per heavy atom. The van der Waals surface area contributed by atoms with Crippen molar-refractivity contribution >= 4 is 60.6 Å². The number of hydrogen-bond acceptors (Lipinski definition) is 11. The summed E-state index contributed by atoms with van der Waals surface area (Å²) in [6.07, 6.45) is 2.52. The first-order valence-electron chi connectivity index (χ1n) is 11.7. The number of anilines is 1. The fourth-order valence-electron chi connectivity index (χ4n) is 3.78. The third-order valence-electron chi connectivity index (χ3n) is 5.74. The minimum Gasteiger partial charge on any atom is -0.363 e. The van der Waals surface area contributed by atoms with Gasteiger partial charge < -0.3 is 4.90 Å². The first-order chi connectivity index (χ1) is 18.1. The summed E-state index contributed by atoms with van der Waals surface area (Å²) < 4.78 is 0. The van der Waals surface area contributed by atoms with Crippen molar-refractivity contribution in [3.8, 4) is 6.07 Å². The van der Waals surface area contributed by atoms with E-state index in [1.54, 1.807) is 16.7 Å². The second-order valence-corrected chi connectivity index (χ2v) is 10.4. The second kappa shape index (κ2) is 11.3. The molecule has 1 fully saturated rings. The maximum Gasteiger partial charge on any atom is 0.231 e. The molecule has 1 aliphatic rings. The molecule has 1 saturated heterocycles. The lowest BCUT2D eigenvalue weighted by Gasteiger charge is -2.13. The first-order valence-corrected chi connectivity index (χ1v) is 13.4. The van der Waals surface area contributed by atoms with Gasteiger partial charge in [-0.25, -0.2) is 4.98 Å². The van der Waals surface area contributed by atoms with Gasteiger partial charge in [0.25, 0.3) is 0 Å². The van der Waals surface area contributed by atoms with Gasteiger partial charge in [-0.2, -0.15) is 15.5 Å². The van der Waals surface area contributed by atoms with Crippen LogP contribution >= 0.6 is 22.7 Å². The van der Waals surface area contributed by atoms with Crippen molar-refractivity contribution < 1.29 is 0 Å². The highest BCUT2D eigenvalue weighted by atomic mass is 32.1. The van der Waals surface area contributed by atoms with Gasteiger partial charge in [0.2, 0.25) is 5.13 Å². The van der Waals surface area contributed by atoms with E-state index in [1.807, 2.05) is 62.4 Å². The van der Waals surface area contributed by atoms with E-state index in [2.05, 4.69) is 46.6 Å². The molecule has 37 heavy (non-hydrogen) atoms. The first kappa shape index (κ1) is 24.5. The summed E-state index contributed by atoms with van der Waals surface area (Å²) in [5, 5.41) is 39.1. The lowest BCUT2D eigenvalue weighted by Crippen LogP contribution is -2.15. The van der Waals surface area contributed by atoms with Gasteiger partial charge in [-0.15, -0.1) is 31.8 Å². The van der Waals surface area contributed by atoms with Crippen LogP contribution in [-0.2, 0) is 0 Å². The quantitative estimate of drug-likeness (QED) is 0.224. The van der Waals surface area contributed by atoms with Gasteiger partial charge in [-0.05, 0) is 86.3 Å². The molecule has 0 radical (unpaired) electrons. The molecule has 0 saturated carbocycles. The molecule has 0 unspecified atom stereocenters. The Balaban J connectivity index is 1.23. The predicted molar refractivity (Wildman–Crippen MR) is 147 cm³/mol. The average Bonchev–Trinajstić information content (AvgIpc) is 3.68. The molecule has 9 nitrogen and oxygen atoms in total. The minimum absolute atomic E-state index is 0.340. The van der Waals surface area contributed by atoms with E-state index in [0.717, 1.165) is 40.6 Å². The predicted octanol–water partition coefficient (Wildman–Crippen LogP) is 9.54. The molecular weight excluding hydrogens is 502 g/mol. The minimum atomic E-state index is 0.340. The summed E-state index contributed by atoms with van der Waals surface area (Å²) in [5.74, 6) is 0. The van der Waals surface area contributed by atoms with Crippen molar-refractivity contribution in [1.29, 1.82) is 5.26 Å². The lowest BCUT2D eigenvalue weighted by atomic mass is 10.2. The van der Waals surface area contributed by atoms with E-state index in [4.69, 9.17) is 5.26 Å². The Morgan fingerprint density at radius 1 is 0.811 bits per heavy atom. The number of thiazole rings is 1. The maximum absolute atomic E-state index is 8.87. The fraction of sp³-hybridized carbons (Fsp3) is 0.231. The van der Waals surface area contributed by atoms with E-state index < -0.39 is 0 Å². The highest BCUT2D eigenvalue weighted by Crippen LogP contribution is 2.35. The average molecular weight is 526 g/mol. The number of nitrogens with zero attached hydrogens (tertiary/aromatic N) is 9. The van der Waals surface area contributed by atoms with Gasteiger partial charge >= 0.3 is 0 Å². The summed E-state index contributed by atoms with van der Waals surface area (Å²) in [6, 6.07) is 17.5. The monoisotopic (exact) mass is 525 g/mol. The molecule has 0 N–H and O–H groups in total. The van der Waals surface area contributed by atoms with Crippen LogP contribution in [0, 0.1) is 25.2 Å². The zero-order chi connectivity index (χ0) is 25.6. The number of thiophene rings is 1. The van der Waals surface area contributed by atoms with E-state index in [-0.39, 0.29) is 0 Å². The van der Waals surface area contributed by atoms with Gasteiger partial charge in [0.1, 0.15) is 11.1 Å². The number of azo groups is 3. The highest BCUT2D eigenvalue weighted by molar-refractivity contribution is 7.19. The molecule has 0 amide bonds. The molecule has 0 bridgehead atoms. The molecule has 2 aromatic carbocycles. The molecule has 11 heteroatoms. The molecule has 3 heterocycles. The standard InChI is InChI=1S/C26H23N9S2/c1-17-14-20(30-33-24-9-10-25(37-24)35-11-3-4-12-35)6-7-22(17)31-29-19-5-8-23(18(2)13-19)32-34-26-28-21(15-27)16-36-26/h5-10,13-14,16H,3-4,11-12H2,1-2H3/b31-29+,33-30+,34-32+. The SMILES string of the molecule is Cc1cc(/N=N/c2ccc(N3CCCC3)s2)ccc1/N=N/c1ccc(/N=N/c2nc(C#N)cs2)c(C)c1. The summed E-state index contributed by atoms with van der Waals surface area (Å²) in [6.45, 7) is 6.16. The molecule has 0 atom stereocenters. The van der Waals surface area contributed by atoms with Crippen LogP contribution in [0.5, 0.6) is 0 Å². The Morgan fingerprint density at radius 3 is 2.08 bits per heavy atom. The number of aryl methyl sites for hydroxylation is 2. The van der Waals surface area contributed by atoms with Crippen LogP contribution in [-0.4, -0.2) is 18.1 Å². The number of rotatable bonds is 7. The topological polar surface area (TPSA) is 114 Å².